The fourth-order valence-electron chi connectivity index (χ4n) is 4.37. The Labute approximate surface area is 130 Å². The highest BCUT2D eigenvalue weighted by molar-refractivity contribution is 6.06. The van der Waals surface area contributed by atoms with Crippen LogP contribution in [0.3, 0.4) is 0 Å². The number of amides is 2. The Kier molecular flexibility index (Phi) is 2.90. The van der Waals surface area contributed by atoms with Gasteiger partial charge in [-0.25, -0.2) is 0 Å². The minimum Gasteiger partial charge on any atom is -0.367 e. The quantitative estimate of drug-likeness (QED) is 0.688. The summed E-state index contributed by atoms with van der Waals surface area (Å²) in [7, 11) is 0. The first-order valence-electron chi connectivity index (χ1n) is 7.90. The maximum Gasteiger partial charge on any atom is 0.235 e. The summed E-state index contributed by atoms with van der Waals surface area (Å²) >= 11 is 0. The number of anilines is 1. The smallest absolute Gasteiger partial charge is 0.235 e. The van der Waals surface area contributed by atoms with E-state index in [-0.39, 0.29) is 42.2 Å². The number of imide groups is 1. The van der Waals surface area contributed by atoms with Gasteiger partial charge in [0.25, 0.3) is 0 Å². The summed E-state index contributed by atoms with van der Waals surface area (Å²) in [5, 5.41) is 3.23. The van der Waals surface area contributed by atoms with E-state index in [9.17, 15) is 9.59 Å². The topological polar surface area (TPSA) is 49.4 Å². The Morgan fingerprint density at radius 3 is 2.09 bits per heavy atom. The second-order valence-electron chi connectivity index (χ2n) is 6.82. The minimum absolute atomic E-state index is 0.00345. The second-order valence-corrected chi connectivity index (χ2v) is 6.82. The van der Waals surface area contributed by atoms with E-state index in [0.29, 0.717) is 0 Å². The van der Waals surface area contributed by atoms with Crippen molar-refractivity contribution in [3.05, 3.63) is 41.5 Å². The van der Waals surface area contributed by atoms with Crippen LogP contribution >= 0.6 is 0 Å². The van der Waals surface area contributed by atoms with Gasteiger partial charge in [0.05, 0.1) is 18.5 Å². The van der Waals surface area contributed by atoms with Crippen molar-refractivity contribution in [1.29, 1.82) is 0 Å². The lowest BCUT2D eigenvalue weighted by Crippen LogP contribution is -2.37. The SMILES string of the molecule is Cc1cc(C)cc(NCN2C(=O)[C@H]3[C@H](C2=O)[C@H]2C=C[C@H]3C2)c1. The van der Waals surface area contributed by atoms with Crippen LogP contribution in [0.1, 0.15) is 17.5 Å². The molecule has 2 fully saturated rings. The Hall–Kier alpha value is -2.10. The molecule has 1 aromatic rings. The van der Waals surface area contributed by atoms with Gasteiger partial charge in [-0.05, 0) is 55.4 Å². The van der Waals surface area contributed by atoms with E-state index in [1.807, 2.05) is 26.0 Å². The monoisotopic (exact) mass is 296 g/mol. The first-order valence-corrected chi connectivity index (χ1v) is 7.90. The molecule has 1 N–H and O–H groups in total. The lowest BCUT2D eigenvalue weighted by atomic mass is 9.85. The second kappa shape index (κ2) is 4.70. The molecule has 2 bridgehead atoms. The molecule has 4 atom stereocenters. The Morgan fingerprint density at radius 1 is 1.00 bits per heavy atom. The molecule has 1 saturated carbocycles. The molecule has 0 unspecified atom stereocenters. The molecule has 1 saturated heterocycles. The zero-order valence-corrected chi connectivity index (χ0v) is 12.9. The Bertz CT molecular complexity index is 644. The van der Waals surface area contributed by atoms with Crippen molar-refractivity contribution >= 4 is 17.5 Å². The molecule has 4 heteroatoms. The van der Waals surface area contributed by atoms with Gasteiger partial charge in [-0.1, -0.05) is 18.2 Å². The number of rotatable bonds is 3. The molecule has 114 valence electrons. The summed E-state index contributed by atoms with van der Waals surface area (Å²) < 4.78 is 0. The number of benzene rings is 1. The van der Waals surface area contributed by atoms with Crippen molar-refractivity contribution in [2.45, 2.75) is 20.3 Å². The molecule has 22 heavy (non-hydrogen) atoms. The number of aryl methyl sites for hydroxylation is 2. The number of carbonyl (C=O) groups is 2. The van der Waals surface area contributed by atoms with E-state index >= 15 is 0 Å². The highest BCUT2D eigenvalue weighted by atomic mass is 16.2. The van der Waals surface area contributed by atoms with Gasteiger partial charge in [0.2, 0.25) is 11.8 Å². The standard InChI is InChI=1S/C18H20N2O2/c1-10-5-11(2)7-14(6-10)19-9-20-17(21)15-12-3-4-13(8-12)16(15)18(20)22/h3-7,12-13,15-16,19H,8-9H2,1-2H3/t12-,13-,15+,16+/m0/s1. The van der Waals surface area contributed by atoms with Crippen LogP contribution in [-0.4, -0.2) is 23.4 Å². The number of likely N-dealkylation sites (tertiary alicyclic amines) is 1. The average Bonchev–Trinajstić information content (AvgIpc) is 3.11. The van der Waals surface area contributed by atoms with Crippen molar-refractivity contribution in [1.82, 2.24) is 4.90 Å². The summed E-state index contributed by atoms with van der Waals surface area (Å²) in [6.07, 6.45) is 5.22. The number of allylic oxidation sites excluding steroid dienone is 2. The Morgan fingerprint density at radius 2 is 1.55 bits per heavy atom. The van der Waals surface area contributed by atoms with E-state index in [0.717, 1.165) is 12.1 Å². The first kappa shape index (κ1) is 13.6. The number of nitrogens with zero attached hydrogens (tertiary/aromatic N) is 1. The summed E-state index contributed by atoms with van der Waals surface area (Å²) in [4.78, 5) is 26.6. The van der Waals surface area contributed by atoms with Gasteiger partial charge in [0, 0.05) is 5.69 Å². The van der Waals surface area contributed by atoms with Crippen molar-refractivity contribution < 1.29 is 9.59 Å². The Balaban J connectivity index is 1.50. The summed E-state index contributed by atoms with van der Waals surface area (Å²) in [6.45, 7) is 4.35. The van der Waals surface area contributed by atoms with Crippen LogP contribution in [0.5, 0.6) is 0 Å². The number of nitrogens with one attached hydrogen (secondary N) is 1. The van der Waals surface area contributed by atoms with Gasteiger partial charge in [-0.3, -0.25) is 14.5 Å². The van der Waals surface area contributed by atoms with Crippen LogP contribution in [0.15, 0.2) is 30.4 Å². The van der Waals surface area contributed by atoms with Gasteiger partial charge >= 0.3 is 0 Å². The van der Waals surface area contributed by atoms with Crippen LogP contribution < -0.4 is 5.32 Å². The van der Waals surface area contributed by atoms with Crippen LogP contribution in [0.2, 0.25) is 0 Å². The molecule has 0 radical (unpaired) electrons. The van der Waals surface area contributed by atoms with E-state index < -0.39 is 0 Å². The van der Waals surface area contributed by atoms with Crippen LogP contribution in [-0.2, 0) is 9.59 Å². The molecule has 4 rings (SSSR count). The summed E-state index contributed by atoms with van der Waals surface area (Å²) in [5.41, 5.74) is 3.29. The van der Waals surface area contributed by atoms with Crippen molar-refractivity contribution in [2.24, 2.45) is 23.7 Å². The largest absolute Gasteiger partial charge is 0.367 e. The lowest BCUT2D eigenvalue weighted by molar-refractivity contribution is -0.140. The fourth-order valence-corrected chi connectivity index (χ4v) is 4.37. The van der Waals surface area contributed by atoms with Crippen LogP contribution in [0.4, 0.5) is 5.69 Å². The summed E-state index contributed by atoms with van der Waals surface area (Å²) in [6, 6.07) is 6.17. The molecule has 1 aromatic carbocycles. The average molecular weight is 296 g/mol. The van der Waals surface area contributed by atoms with E-state index in [4.69, 9.17) is 0 Å². The molecule has 1 aliphatic heterocycles. The van der Waals surface area contributed by atoms with Gasteiger partial charge in [-0.2, -0.15) is 0 Å². The molecule has 3 aliphatic rings. The van der Waals surface area contributed by atoms with E-state index in [1.54, 1.807) is 0 Å². The van der Waals surface area contributed by atoms with Crippen LogP contribution in [0, 0.1) is 37.5 Å². The molecule has 1 heterocycles. The predicted octanol–water partition coefficient (Wildman–Crippen LogP) is 2.48. The molecular formula is C18H20N2O2. The predicted molar refractivity (Wildman–Crippen MR) is 84.0 cm³/mol. The molecule has 4 nitrogen and oxygen atoms in total. The summed E-state index contributed by atoms with van der Waals surface area (Å²) in [5.74, 6) is 0.342. The maximum atomic E-state index is 12.6. The van der Waals surface area contributed by atoms with Gasteiger partial charge in [0.1, 0.15) is 0 Å². The van der Waals surface area contributed by atoms with Crippen molar-refractivity contribution in [3.8, 4) is 0 Å². The lowest BCUT2D eigenvalue weighted by Gasteiger charge is -2.19. The molecule has 2 amide bonds. The molecular weight excluding hydrogens is 276 g/mol. The third-order valence-electron chi connectivity index (χ3n) is 5.22. The highest BCUT2D eigenvalue weighted by Gasteiger charge is 2.59. The van der Waals surface area contributed by atoms with E-state index in [2.05, 4.69) is 23.5 Å². The van der Waals surface area contributed by atoms with Crippen LogP contribution in [0.25, 0.3) is 0 Å². The number of fused-ring (bicyclic) bond motifs is 5. The van der Waals surface area contributed by atoms with Gasteiger partial charge in [0.15, 0.2) is 0 Å². The highest BCUT2D eigenvalue weighted by Crippen LogP contribution is 2.52. The van der Waals surface area contributed by atoms with E-state index in [1.165, 1.54) is 16.0 Å². The minimum atomic E-state index is -0.108. The third-order valence-corrected chi connectivity index (χ3v) is 5.22. The number of hydrogen-bond acceptors (Lipinski definition) is 3. The van der Waals surface area contributed by atoms with Gasteiger partial charge in [-0.15, -0.1) is 0 Å². The number of carbonyl (C=O) groups excluding carboxylic acids is 2. The molecule has 0 spiro atoms. The van der Waals surface area contributed by atoms with Gasteiger partial charge < -0.3 is 5.32 Å². The fraction of sp³-hybridized carbons (Fsp3) is 0.444. The zero-order chi connectivity index (χ0) is 15.4. The van der Waals surface area contributed by atoms with Crippen molar-refractivity contribution in [3.63, 3.8) is 0 Å². The maximum absolute atomic E-state index is 12.6. The normalized spacial score (nSPS) is 32.0. The molecule has 2 aliphatic carbocycles. The van der Waals surface area contributed by atoms with Crippen molar-refractivity contribution in [2.75, 3.05) is 12.0 Å². The molecule has 0 aromatic heterocycles. The zero-order valence-electron chi connectivity index (χ0n) is 12.9. The first-order chi connectivity index (χ1) is 10.5. The number of hydrogen-bond donors (Lipinski definition) is 1. The third kappa shape index (κ3) is 1.90.